The van der Waals surface area contributed by atoms with Crippen LogP contribution in [0.2, 0.25) is 0 Å². The van der Waals surface area contributed by atoms with Gasteiger partial charge in [-0.3, -0.25) is 4.79 Å². The maximum Gasteiger partial charge on any atom is 0.350 e. The van der Waals surface area contributed by atoms with Crippen LogP contribution in [0, 0.1) is 0 Å². The highest BCUT2D eigenvalue weighted by Gasteiger charge is 2.48. The van der Waals surface area contributed by atoms with Crippen LogP contribution in [0.3, 0.4) is 0 Å². The third kappa shape index (κ3) is 6.99. The number of allylic oxidation sites excluding steroid dienone is 1. The van der Waals surface area contributed by atoms with E-state index in [0.29, 0.717) is 12.0 Å². The fourth-order valence-corrected chi connectivity index (χ4v) is 4.25. The van der Waals surface area contributed by atoms with E-state index < -0.39 is 67.2 Å². The largest absolute Gasteiger partial charge is 0.508 e. The van der Waals surface area contributed by atoms with Gasteiger partial charge in [-0.1, -0.05) is 36.4 Å². The molecule has 41 heavy (non-hydrogen) atoms. The van der Waals surface area contributed by atoms with E-state index in [9.17, 15) is 39.9 Å². The number of phenols is 1. The van der Waals surface area contributed by atoms with Crippen LogP contribution in [0.25, 0.3) is 6.08 Å². The summed E-state index contributed by atoms with van der Waals surface area (Å²) in [5.41, 5.74) is -1.53. The summed E-state index contributed by atoms with van der Waals surface area (Å²) in [5.74, 6) is -2.63. The molecule has 12 heteroatoms. The van der Waals surface area contributed by atoms with Crippen LogP contribution in [0.1, 0.15) is 24.0 Å². The van der Waals surface area contributed by atoms with Gasteiger partial charge in [0, 0.05) is 18.1 Å². The van der Waals surface area contributed by atoms with Crippen LogP contribution in [-0.4, -0.2) is 86.2 Å². The number of esters is 2. The smallest absolute Gasteiger partial charge is 0.350 e. The molecule has 1 aliphatic heterocycles. The van der Waals surface area contributed by atoms with Gasteiger partial charge in [0.2, 0.25) is 11.9 Å². The Bertz CT molecular complexity index is 1300. The highest BCUT2D eigenvalue weighted by molar-refractivity contribution is 6.09. The molecule has 6 unspecified atom stereocenters. The molecular formula is C29H30O12. The number of para-hydroxylation sites is 1. The van der Waals surface area contributed by atoms with Gasteiger partial charge >= 0.3 is 11.9 Å². The summed E-state index contributed by atoms with van der Waals surface area (Å²) in [6.07, 6.45) is -2.19. The molecule has 1 saturated heterocycles. The number of phenolic OH excluding ortho intramolecular Hbond substituents is 1. The number of carbonyl (C=O) groups excluding carboxylic acids is 3. The highest BCUT2D eigenvalue weighted by Crippen LogP contribution is 2.29. The number of ether oxygens (including phenoxy) is 4. The first-order valence-electron chi connectivity index (χ1n) is 12.8. The fourth-order valence-electron chi connectivity index (χ4n) is 4.25. The second-order valence-electron chi connectivity index (χ2n) is 9.47. The Morgan fingerprint density at radius 1 is 1.07 bits per heavy atom. The molecule has 1 aliphatic carbocycles. The molecule has 4 rings (SSSR count). The number of carbonyl (C=O) groups is 3. The maximum absolute atomic E-state index is 12.6. The molecule has 2 aliphatic rings. The summed E-state index contributed by atoms with van der Waals surface area (Å²) in [4.78, 5) is 37.2. The topological polar surface area (TPSA) is 189 Å². The van der Waals surface area contributed by atoms with E-state index in [1.165, 1.54) is 36.4 Å². The Morgan fingerprint density at radius 2 is 1.80 bits per heavy atom. The maximum atomic E-state index is 12.6. The van der Waals surface area contributed by atoms with Gasteiger partial charge in [0.1, 0.15) is 36.4 Å². The highest BCUT2D eigenvalue weighted by atomic mass is 16.7. The van der Waals surface area contributed by atoms with Crippen molar-refractivity contribution in [3.8, 4) is 11.5 Å². The van der Waals surface area contributed by atoms with Gasteiger partial charge in [0.05, 0.1) is 6.61 Å². The quantitative estimate of drug-likeness (QED) is 0.122. The number of ketones is 1. The lowest BCUT2D eigenvalue weighted by molar-refractivity contribution is -0.281. The summed E-state index contributed by atoms with van der Waals surface area (Å²) < 4.78 is 22.0. The lowest BCUT2D eigenvalue weighted by Gasteiger charge is -2.41. The molecule has 0 amide bonds. The molecule has 0 spiro atoms. The van der Waals surface area contributed by atoms with Crippen molar-refractivity contribution in [1.29, 1.82) is 0 Å². The van der Waals surface area contributed by atoms with E-state index in [-0.39, 0.29) is 23.5 Å². The molecule has 5 N–H and O–H groups in total. The van der Waals surface area contributed by atoms with Crippen LogP contribution in [0.15, 0.2) is 66.8 Å². The average molecular weight is 571 g/mol. The molecule has 0 radical (unpaired) electrons. The minimum Gasteiger partial charge on any atom is -0.508 e. The molecule has 2 aromatic rings. The third-order valence-electron chi connectivity index (χ3n) is 6.59. The minimum absolute atomic E-state index is 0.00868. The third-order valence-corrected chi connectivity index (χ3v) is 6.59. The van der Waals surface area contributed by atoms with E-state index in [0.717, 1.165) is 12.2 Å². The van der Waals surface area contributed by atoms with Gasteiger partial charge in [-0.15, -0.1) is 0 Å². The monoisotopic (exact) mass is 570 g/mol. The number of Topliss-reactive ketones (excluding diaryl/α,β-unsaturated/α-hetero) is 1. The summed E-state index contributed by atoms with van der Waals surface area (Å²) >= 11 is 0. The standard InChI is InChI=1S/C29H30O12/c30-15-21-24(34)25(35)26(41-23(33)13-10-17-8-11-19(31)12-9-17)27(40-21)39-20-6-2-1-5-18(20)16-38-28(36)29(37)14-4-3-7-22(29)32/h1-2,4-6,8-14,21,24-27,30-31,34-35,37H,3,7,15-16H2. The van der Waals surface area contributed by atoms with Crippen molar-refractivity contribution in [3.05, 3.63) is 77.9 Å². The van der Waals surface area contributed by atoms with Crippen LogP contribution in [-0.2, 0) is 35.2 Å². The molecule has 0 bridgehead atoms. The first-order valence-corrected chi connectivity index (χ1v) is 12.8. The van der Waals surface area contributed by atoms with Crippen molar-refractivity contribution in [1.82, 2.24) is 0 Å². The zero-order valence-corrected chi connectivity index (χ0v) is 21.7. The number of benzene rings is 2. The zero-order chi connectivity index (χ0) is 29.6. The number of rotatable bonds is 9. The molecule has 1 heterocycles. The van der Waals surface area contributed by atoms with Gasteiger partial charge in [0.25, 0.3) is 0 Å². The van der Waals surface area contributed by atoms with Crippen LogP contribution in [0.5, 0.6) is 11.5 Å². The number of aliphatic hydroxyl groups is 4. The van der Waals surface area contributed by atoms with Gasteiger partial charge in [-0.05, 0) is 42.3 Å². The average Bonchev–Trinajstić information content (AvgIpc) is 2.97. The van der Waals surface area contributed by atoms with Crippen LogP contribution >= 0.6 is 0 Å². The van der Waals surface area contributed by atoms with E-state index in [2.05, 4.69) is 0 Å². The zero-order valence-electron chi connectivity index (χ0n) is 21.7. The number of hydrogen-bond donors (Lipinski definition) is 5. The molecule has 12 nitrogen and oxygen atoms in total. The normalized spacial score (nSPS) is 27.9. The van der Waals surface area contributed by atoms with Crippen molar-refractivity contribution in [2.24, 2.45) is 0 Å². The molecule has 1 fully saturated rings. The van der Waals surface area contributed by atoms with Gasteiger partial charge in [0.15, 0.2) is 11.9 Å². The molecular weight excluding hydrogens is 540 g/mol. The summed E-state index contributed by atoms with van der Waals surface area (Å²) in [7, 11) is 0. The van der Waals surface area contributed by atoms with Gasteiger partial charge in [-0.2, -0.15) is 0 Å². The number of aliphatic hydroxyl groups excluding tert-OH is 3. The second-order valence-corrected chi connectivity index (χ2v) is 9.47. The lowest BCUT2D eigenvalue weighted by atomic mass is 9.90. The molecule has 0 saturated carbocycles. The predicted molar refractivity (Wildman–Crippen MR) is 140 cm³/mol. The van der Waals surface area contributed by atoms with Crippen molar-refractivity contribution < 1.29 is 58.9 Å². The fraction of sp³-hybridized carbons (Fsp3) is 0.345. The van der Waals surface area contributed by atoms with Crippen molar-refractivity contribution in [3.63, 3.8) is 0 Å². The Labute approximate surface area is 234 Å². The number of hydrogen-bond acceptors (Lipinski definition) is 12. The Kier molecular flexibility index (Phi) is 9.53. The van der Waals surface area contributed by atoms with Crippen LogP contribution in [0.4, 0.5) is 0 Å². The summed E-state index contributed by atoms with van der Waals surface area (Å²) in [5, 5.41) is 50.6. The van der Waals surface area contributed by atoms with E-state index in [1.54, 1.807) is 24.3 Å². The summed E-state index contributed by atoms with van der Waals surface area (Å²) in [6.45, 7) is -1.10. The molecule has 218 valence electrons. The molecule has 6 atom stereocenters. The number of aromatic hydroxyl groups is 1. The van der Waals surface area contributed by atoms with E-state index in [4.69, 9.17) is 18.9 Å². The van der Waals surface area contributed by atoms with Crippen LogP contribution < -0.4 is 4.74 Å². The SMILES string of the molecule is O=C(C=Cc1ccc(O)cc1)OC1C(Oc2ccccc2COC(=O)C2(O)C=CCCC2=O)OC(CO)C(O)C1O. The molecule has 0 aromatic heterocycles. The van der Waals surface area contributed by atoms with Gasteiger partial charge in [-0.25, -0.2) is 9.59 Å². The first kappa shape index (κ1) is 29.9. The van der Waals surface area contributed by atoms with Gasteiger partial charge < -0.3 is 44.5 Å². The van der Waals surface area contributed by atoms with E-state index in [1.807, 2.05) is 0 Å². The van der Waals surface area contributed by atoms with E-state index >= 15 is 0 Å². The summed E-state index contributed by atoms with van der Waals surface area (Å²) in [6, 6.07) is 12.2. The molecule has 2 aromatic carbocycles. The Morgan fingerprint density at radius 3 is 2.51 bits per heavy atom. The Hall–Kier alpha value is -4.07. The van der Waals surface area contributed by atoms with Crippen molar-refractivity contribution in [2.45, 2.75) is 55.8 Å². The Balaban J connectivity index is 1.49. The van der Waals surface area contributed by atoms with Crippen molar-refractivity contribution in [2.75, 3.05) is 6.61 Å². The predicted octanol–water partition coefficient (Wildman–Crippen LogP) is 0.529. The lowest BCUT2D eigenvalue weighted by Crippen LogP contribution is -2.61. The van der Waals surface area contributed by atoms with Crippen molar-refractivity contribution >= 4 is 23.8 Å². The first-order chi connectivity index (χ1) is 19.6. The minimum atomic E-state index is -2.39. The second kappa shape index (κ2) is 13.1.